The lowest BCUT2D eigenvalue weighted by Crippen LogP contribution is -2.43. The van der Waals surface area contributed by atoms with E-state index in [0.717, 1.165) is 54.2 Å². The molecule has 150 valence electrons. The average molecular weight is 393 g/mol. The molecule has 1 aromatic heterocycles. The number of pyridine rings is 1. The van der Waals surface area contributed by atoms with Gasteiger partial charge in [0.2, 0.25) is 11.5 Å². The summed E-state index contributed by atoms with van der Waals surface area (Å²) < 4.78 is 7.34. The first-order valence-corrected chi connectivity index (χ1v) is 9.86. The minimum absolute atomic E-state index is 0.0578. The molecule has 1 atom stereocenters. The average Bonchev–Trinajstić information content (AvgIpc) is 3.47. The number of ether oxygens (including phenoxy) is 1. The largest absolute Gasteiger partial charge is 0.495 e. The molecule has 0 bridgehead atoms. The van der Waals surface area contributed by atoms with Gasteiger partial charge in [-0.25, -0.2) is 4.99 Å². The lowest BCUT2D eigenvalue weighted by Gasteiger charge is -2.30. The smallest absolute Gasteiger partial charge is 0.250 e. The molecule has 1 unspecified atom stereocenters. The number of primary amides is 1. The third-order valence-corrected chi connectivity index (χ3v) is 5.87. The Morgan fingerprint density at radius 3 is 2.93 bits per heavy atom. The normalized spacial score (nSPS) is 21.4. The van der Waals surface area contributed by atoms with E-state index in [-0.39, 0.29) is 17.4 Å². The minimum Gasteiger partial charge on any atom is -0.495 e. The lowest BCUT2D eigenvalue weighted by molar-refractivity contribution is -0.120. The van der Waals surface area contributed by atoms with E-state index in [1.807, 2.05) is 6.20 Å². The SMILES string of the molecule is Cn1cc(C2=NC=C3C(NC(C(N)=O)C4CC4)=COCC4=C3N2CC4)ccc1=O. The third-order valence-electron chi connectivity index (χ3n) is 5.87. The predicted octanol–water partition coefficient (Wildman–Crippen LogP) is 0.714. The molecule has 3 N–H and O–H groups in total. The summed E-state index contributed by atoms with van der Waals surface area (Å²) in [6, 6.07) is 2.95. The molecule has 5 rings (SSSR count). The number of hydrogen-bond acceptors (Lipinski definition) is 6. The van der Waals surface area contributed by atoms with Crippen molar-refractivity contribution in [2.45, 2.75) is 25.3 Å². The summed E-state index contributed by atoms with van der Waals surface area (Å²) in [5.41, 5.74) is 10.4. The van der Waals surface area contributed by atoms with Gasteiger partial charge in [-0.2, -0.15) is 0 Å². The van der Waals surface area contributed by atoms with Crippen molar-refractivity contribution in [3.05, 3.63) is 69.2 Å². The Balaban J connectivity index is 1.54. The van der Waals surface area contributed by atoms with Crippen LogP contribution in [0, 0.1) is 5.92 Å². The van der Waals surface area contributed by atoms with Crippen LogP contribution in [0.15, 0.2) is 63.1 Å². The van der Waals surface area contributed by atoms with Crippen LogP contribution in [0.4, 0.5) is 0 Å². The number of aryl methyl sites for hydroxylation is 1. The Morgan fingerprint density at radius 1 is 1.38 bits per heavy atom. The van der Waals surface area contributed by atoms with Crippen LogP contribution >= 0.6 is 0 Å². The lowest BCUT2D eigenvalue weighted by atomic mass is 10.0. The van der Waals surface area contributed by atoms with Crippen molar-refractivity contribution in [3.8, 4) is 0 Å². The molecule has 0 aromatic carbocycles. The highest BCUT2D eigenvalue weighted by atomic mass is 16.5. The summed E-state index contributed by atoms with van der Waals surface area (Å²) in [7, 11) is 1.73. The van der Waals surface area contributed by atoms with Crippen molar-refractivity contribution >= 4 is 11.7 Å². The van der Waals surface area contributed by atoms with Crippen molar-refractivity contribution < 1.29 is 9.53 Å². The molecular weight excluding hydrogens is 370 g/mol. The van der Waals surface area contributed by atoms with E-state index in [1.54, 1.807) is 36.2 Å². The minimum atomic E-state index is -0.406. The maximum Gasteiger partial charge on any atom is 0.250 e. The van der Waals surface area contributed by atoms with Crippen LogP contribution in [0.5, 0.6) is 0 Å². The van der Waals surface area contributed by atoms with Gasteiger partial charge in [-0.3, -0.25) is 9.59 Å². The summed E-state index contributed by atoms with van der Waals surface area (Å²) in [6.45, 7) is 1.29. The number of hydrogen-bond donors (Lipinski definition) is 2. The zero-order chi connectivity index (χ0) is 20.1. The van der Waals surface area contributed by atoms with Gasteiger partial charge in [0.15, 0.2) is 0 Å². The summed E-state index contributed by atoms with van der Waals surface area (Å²) in [4.78, 5) is 30.6. The highest BCUT2D eigenvalue weighted by Gasteiger charge is 2.39. The first kappa shape index (κ1) is 17.8. The van der Waals surface area contributed by atoms with Gasteiger partial charge in [-0.1, -0.05) is 0 Å². The highest BCUT2D eigenvalue weighted by molar-refractivity contribution is 6.02. The number of rotatable bonds is 5. The van der Waals surface area contributed by atoms with Crippen LogP contribution < -0.4 is 16.6 Å². The number of amidine groups is 1. The zero-order valence-electron chi connectivity index (χ0n) is 16.2. The Morgan fingerprint density at radius 2 is 2.21 bits per heavy atom. The molecule has 8 nitrogen and oxygen atoms in total. The van der Waals surface area contributed by atoms with Crippen LogP contribution in [0.2, 0.25) is 0 Å². The predicted molar refractivity (Wildman–Crippen MR) is 108 cm³/mol. The van der Waals surface area contributed by atoms with Crippen molar-refractivity contribution in [1.82, 2.24) is 14.8 Å². The van der Waals surface area contributed by atoms with E-state index >= 15 is 0 Å². The van der Waals surface area contributed by atoms with E-state index in [2.05, 4.69) is 10.2 Å². The molecular formula is C21H23N5O3. The number of nitrogens with one attached hydrogen (secondary N) is 1. The second-order valence-electron chi connectivity index (χ2n) is 7.92. The van der Waals surface area contributed by atoms with Crippen LogP contribution in [-0.4, -0.2) is 40.4 Å². The van der Waals surface area contributed by atoms with Gasteiger partial charge in [0, 0.05) is 43.2 Å². The van der Waals surface area contributed by atoms with Gasteiger partial charge in [-0.15, -0.1) is 0 Å². The molecule has 0 spiro atoms. The van der Waals surface area contributed by atoms with Gasteiger partial charge in [0.05, 0.1) is 11.4 Å². The van der Waals surface area contributed by atoms with Gasteiger partial charge in [0.25, 0.3) is 0 Å². The van der Waals surface area contributed by atoms with Gasteiger partial charge >= 0.3 is 0 Å². The number of aliphatic imine (C=N–C) groups is 1. The molecule has 1 amide bonds. The van der Waals surface area contributed by atoms with Gasteiger partial charge in [-0.05, 0) is 36.8 Å². The molecule has 3 aliphatic heterocycles. The number of aromatic nitrogens is 1. The number of amides is 1. The van der Waals surface area contributed by atoms with Gasteiger partial charge < -0.3 is 25.3 Å². The van der Waals surface area contributed by atoms with Crippen molar-refractivity contribution in [1.29, 1.82) is 0 Å². The zero-order valence-corrected chi connectivity index (χ0v) is 16.2. The molecule has 0 saturated heterocycles. The summed E-state index contributed by atoms with van der Waals surface area (Å²) >= 11 is 0. The van der Waals surface area contributed by atoms with Crippen molar-refractivity contribution in [3.63, 3.8) is 0 Å². The monoisotopic (exact) mass is 393 g/mol. The molecule has 0 radical (unpaired) electrons. The van der Waals surface area contributed by atoms with Crippen LogP contribution in [0.3, 0.4) is 0 Å². The van der Waals surface area contributed by atoms with Crippen LogP contribution in [-0.2, 0) is 16.6 Å². The van der Waals surface area contributed by atoms with Gasteiger partial charge in [0.1, 0.15) is 24.7 Å². The first-order valence-electron chi connectivity index (χ1n) is 9.86. The Kier molecular flexibility index (Phi) is 4.08. The Hall–Kier alpha value is -3.29. The molecule has 4 heterocycles. The molecule has 4 aliphatic rings. The summed E-state index contributed by atoms with van der Waals surface area (Å²) in [6.07, 6.45) is 8.17. The highest BCUT2D eigenvalue weighted by Crippen LogP contribution is 2.39. The molecule has 1 aliphatic carbocycles. The fourth-order valence-corrected chi connectivity index (χ4v) is 4.19. The maximum absolute atomic E-state index is 11.9. The first-order chi connectivity index (χ1) is 14.0. The van der Waals surface area contributed by atoms with E-state index in [4.69, 9.17) is 15.5 Å². The van der Waals surface area contributed by atoms with Crippen molar-refractivity contribution in [2.75, 3.05) is 13.2 Å². The van der Waals surface area contributed by atoms with Crippen molar-refractivity contribution in [2.24, 2.45) is 23.7 Å². The number of carbonyl (C=O) groups is 1. The molecule has 1 aromatic rings. The summed E-state index contributed by atoms with van der Waals surface area (Å²) in [5, 5.41) is 3.31. The number of nitrogens with two attached hydrogens (primary N) is 1. The fraction of sp³-hybridized carbons (Fsp3) is 0.381. The van der Waals surface area contributed by atoms with Crippen LogP contribution in [0.1, 0.15) is 24.8 Å². The molecule has 1 fully saturated rings. The molecule has 29 heavy (non-hydrogen) atoms. The standard InChI is InChI=1S/C21H23N5O3/c1-25-9-13(4-5-17(25)27)21-23-8-15-16(24-18(20(22)28)12-2-3-12)11-29-10-14-6-7-26(21)19(14)15/h4-5,8-9,11-12,18,24H,2-3,6-7,10H2,1H3,(H2,22,28). The molecule has 1 saturated carbocycles. The fourth-order valence-electron chi connectivity index (χ4n) is 4.19. The number of nitrogens with zero attached hydrogens (tertiary/aromatic N) is 3. The molecule has 8 heteroatoms. The van der Waals surface area contributed by atoms with E-state index in [1.165, 1.54) is 5.57 Å². The van der Waals surface area contributed by atoms with Crippen LogP contribution in [0.25, 0.3) is 0 Å². The Labute approximate surface area is 168 Å². The van der Waals surface area contributed by atoms with E-state index < -0.39 is 6.04 Å². The number of carbonyl (C=O) groups excluding carboxylic acids is 1. The third kappa shape index (κ3) is 3.04. The Bertz CT molecular complexity index is 1070. The van der Waals surface area contributed by atoms with E-state index in [9.17, 15) is 9.59 Å². The maximum atomic E-state index is 11.9. The van der Waals surface area contributed by atoms with E-state index in [0.29, 0.717) is 6.61 Å². The summed E-state index contributed by atoms with van der Waals surface area (Å²) in [5.74, 6) is 0.740. The second-order valence-corrected chi connectivity index (χ2v) is 7.92. The quantitative estimate of drug-likeness (QED) is 0.767. The topological polar surface area (TPSA) is 102 Å². The second kappa shape index (κ2) is 6.65.